The van der Waals surface area contributed by atoms with Crippen LogP contribution in [0, 0.1) is 0 Å². The number of nitrogens with one attached hydrogen (secondary N) is 1. The molecule has 3 rings (SSSR count). The van der Waals surface area contributed by atoms with E-state index in [4.69, 9.17) is 11.6 Å². The molecule has 0 fully saturated rings. The van der Waals surface area contributed by atoms with E-state index in [2.05, 4.69) is 10.3 Å². The van der Waals surface area contributed by atoms with E-state index in [9.17, 15) is 9.59 Å². The standard InChI is InChI=1S/C16H14ClN3O2/c1-20-14-3-2-12(16(17)13(14)5-15(20)22)11-4-10(6-18-8-11)7-19-9-21/h2-4,6,8-9H,5,7H2,1H3,(H,19,21). The second-order valence-electron chi connectivity index (χ2n) is 5.13. The van der Waals surface area contributed by atoms with Crippen molar-refractivity contribution in [1.29, 1.82) is 0 Å². The van der Waals surface area contributed by atoms with Gasteiger partial charge in [0.1, 0.15) is 0 Å². The molecule has 1 N–H and O–H groups in total. The number of carbonyl (C=O) groups excluding carboxylic acids is 2. The second-order valence-corrected chi connectivity index (χ2v) is 5.51. The number of carbonyl (C=O) groups is 2. The number of likely N-dealkylation sites (N-methyl/N-ethyl adjacent to an activating group) is 1. The van der Waals surface area contributed by atoms with E-state index in [1.807, 2.05) is 18.2 Å². The first-order valence-corrected chi connectivity index (χ1v) is 7.19. The molecule has 6 heteroatoms. The Balaban J connectivity index is 2.02. The van der Waals surface area contributed by atoms with Crippen LogP contribution in [0.3, 0.4) is 0 Å². The molecule has 2 amide bonds. The minimum Gasteiger partial charge on any atom is -0.355 e. The van der Waals surface area contributed by atoms with Crippen LogP contribution in [0.15, 0.2) is 30.6 Å². The Morgan fingerprint density at radius 2 is 2.23 bits per heavy atom. The Labute approximate surface area is 132 Å². The Bertz CT molecular complexity index is 761. The minimum absolute atomic E-state index is 0.0381. The largest absolute Gasteiger partial charge is 0.355 e. The maximum absolute atomic E-state index is 11.8. The number of hydrogen-bond donors (Lipinski definition) is 1. The van der Waals surface area contributed by atoms with E-state index in [0.29, 0.717) is 24.4 Å². The third kappa shape index (κ3) is 2.44. The van der Waals surface area contributed by atoms with Gasteiger partial charge < -0.3 is 10.2 Å². The van der Waals surface area contributed by atoms with Gasteiger partial charge in [-0.15, -0.1) is 0 Å². The van der Waals surface area contributed by atoms with Crippen LogP contribution in [0.5, 0.6) is 0 Å². The van der Waals surface area contributed by atoms with Crippen molar-refractivity contribution in [1.82, 2.24) is 10.3 Å². The molecule has 2 aromatic rings. The van der Waals surface area contributed by atoms with Gasteiger partial charge in [-0.1, -0.05) is 17.7 Å². The maximum atomic E-state index is 11.8. The zero-order valence-corrected chi connectivity index (χ0v) is 12.7. The first-order chi connectivity index (χ1) is 10.6. The number of pyridine rings is 1. The van der Waals surface area contributed by atoms with Gasteiger partial charge >= 0.3 is 0 Å². The molecule has 1 aliphatic heterocycles. The number of aromatic nitrogens is 1. The molecule has 0 unspecified atom stereocenters. The molecule has 0 spiro atoms. The molecular weight excluding hydrogens is 302 g/mol. The van der Waals surface area contributed by atoms with Gasteiger partial charge in [-0.05, 0) is 17.7 Å². The number of hydrogen-bond acceptors (Lipinski definition) is 3. The normalized spacial score (nSPS) is 13.2. The van der Waals surface area contributed by atoms with Crippen molar-refractivity contribution in [2.75, 3.05) is 11.9 Å². The Hall–Kier alpha value is -2.40. The highest BCUT2D eigenvalue weighted by molar-refractivity contribution is 6.35. The fourth-order valence-electron chi connectivity index (χ4n) is 2.61. The summed E-state index contributed by atoms with van der Waals surface area (Å²) in [5.74, 6) is 0.0381. The van der Waals surface area contributed by atoms with E-state index in [1.54, 1.807) is 24.3 Å². The number of anilines is 1. The summed E-state index contributed by atoms with van der Waals surface area (Å²) in [6, 6.07) is 5.72. The average Bonchev–Trinajstić information content (AvgIpc) is 2.82. The highest BCUT2D eigenvalue weighted by Gasteiger charge is 2.27. The Morgan fingerprint density at radius 1 is 1.41 bits per heavy atom. The molecule has 1 aromatic carbocycles. The summed E-state index contributed by atoms with van der Waals surface area (Å²) in [5.41, 5.74) is 4.28. The lowest BCUT2D eigenvalue weighted by Gasteiger charge is -2.13. The third-order valence-electron chi connectivity index (χ3n) is 3.78. The molecule has 22 heavy (non-hydrogen) atoms. The van der Waals surface area contributed by atoms with Crippen LogP contribution in [0.25, 0.3) is 11.1 Å². The molecule has 0 saturated carbocycles. The lowest BCUT2D eigenvalue weighted by molar-refractivity contribution is -0.117. The van der Waals surface area contributed by atoms with Gasteiger partial charge in [0.25, 0.3) is 0 Å². The first kappa shape index (κ1) is 14.5. The van der Waals surface area contributed by atoms with Gasteiger partial charge in [0.15, 0.2) is 0 Å². The topological polar surface area (TPSA) is 62.3 Å². The van der Waals surface area contributed by atoms with Crippen molar-refractivity contribution >= 4 is 29.6 Å². The van der Waals surface area contributed by atoms with Crippen molar-refractivity contribution in [3.8, 4) is 11.1 Å². The highest BCUT2D eigenvalue weighted by atomic mass is 35.5. The van der Waals surface area contributed by atoms with Crippen LogP contribution in [0.4, 0.5) is 5.69 Å². The van der Waals surface area contributed by atoms with Gasteiger partial charge in [-0.25, -0.2) is 0 Å². The third-order valence-corrected chi connectivity index (χ3v) is 4.21. The van der Waals surface area contributed by atoms with Crippen LogP contribution >= 0.6 is 11.6 Å². The Kier molecular flexibility index (Phi) is 3.81. The summed E-state index contributed by atoms with van der Waals surface area (Å²) in [7, 11) is 1.75. The molecule has 0 saturated heterocycles. The quantitative estimate of drug-likeness (QED) is 0.880. The molecule has 1 aliphatic rings. The number of halogens is 1. The monoisotopic (exact) mass is 315 g/mol. The fourth-order valence-corrected chi connectivity index (χ4v) is 2.95. The Morgan fingerprint density at radius 3 is 3.00 bits per heavy atom. The van der Waals surface area contributed by atoms with E-state index < -0.39 is 0 Å². The smallest absolute Gasteiger partial charge is 0.231 e. The van der Waals surface area contributed by atoms with Crippen LogP contribution in [0.1, 0.15) is 11.1 Å². The number of rotatable bonds is 4. The average molecular weight is 316 g/mol. The van der Waals surface area contributed by atoms with E-state index >= 15 is 0 Å². The number of benzene rings is 1. The van der Waals surface area contributed by atoms with E-state index in [1.165, 1.54) is 0 Å². The summed E-state index contributed by atoms with van der Waals surface area (Å²) in [4.78, 5) is 28.0. The molecule has 0 radical (unpaired) electrons. The predicted molar refractivity (Wildman–Crippen MR) is 84.7 cm³/mol. The highest BCUT2D eigenvalue weighted by Crippen LogP contribution is 2.39. The zero-order valence-electron chi connectivity index (χ0n) is 12.0. The van der Waals surface area contributed by atoms with Crippen molar-refractivity contribution < 1.29 is 9.59 Å². The van der Waals surface area contributed by atoms with Gasteiger partial charge in [0.2, 0.25) is 12.3 Å². The minimum atomic E-state index is 0.0381. The molecule has 0 aliphatic carbocycles. The number of fused-ring (bicyclic) bond motifs is 1. The van der Waals surface area contributed by atoms with Crippen molar-refractivity contribution in [3.63, 3.8) is 0 Å². The summed E-state index contributed by atoms with van der Waals surface area (Å²) >= 11 is 6.50. The molecular formula is C16H14ClN3O2. The molecule has 2 heterocycles. The lowest BCUT2D eigenvalue weighted by Crippen LogP contribution is -2.20. The van der Waals surface area contributed by atoms with E-state index in [0.717, 1.165) is 27.9 Å². The summed E-state index contributed by atoms with van der Waals surface area (Å²) in [5, 5.41) is 3.19. The van der Waals surface area contributed by atoms with Crippen molar-refractivity contribution in [3.05, 3.63) is 46.7 Å². The van der Waals surface area contributed by atoms with Gasteiger partial charge in [-0.3, -0.25) is 14.6 Å². The zero-order chi connectivity index (χ0) is 15.7. The molecule has 1 aromatic heterocycles. The summed E-state index contributed by atoms with van der Waals surface area (Å²) in [6.45, 7) is 0.411. The van der Waals surface area contributed by atoms with Crippen molar-refractivity contribution in [2.45, 2.75) is 13.0 Å². The van der Waals surface area contributed by atoms with Crippen molar-refractivity contribution in [2.24, 2.45) is 0 Å². The van der Waals surface area contributed by atoms with Crippen LogP contribution in [-0.2, 0) is 22.6 Å². The van der Waals surface area contributed by atoms with Crippen LogP contribution in [0.2, 0.25) is 5.02 Å². The van der Waals surface area contributed by atoms with Crippen LogP contribution in [-0.4, -0.2) is 24.3 Å². The second kappa shape index (κ2) is 5.77. The van der Waals surface area contributed by atoms with E-state index in [-0.39, 0.29) is 5.91 Å². The number of nitrogens with zero attached hydrogens (tertiary/aromatic N) is 2. The van der Waals surface area contributed by atoms with Gasteiger partial charge in [0, 0.05) is 48.4 Å². The summed E-state index contributed by atoms with van der Waals surface area (Å²) < 4.78 is 0. The van der Waals surface area contributed by atoms with Gasteiger partial charge in [0.05, 0.1) is 11.4 Å². The maximum Gasteiger partial charge on any atom is 0.231 e. The van der Waals surface area contributed by atoms with Crippen LogP contribution < -0.4 is 10.2 Å². The first-order valence-electron chi connectivity index (χ1n) is 6.81. The molecule has 0 atom stereocenters. The lowest BCUT2D eigenvalue weighted by atomic mass is 10.0. The fraction of sp³-hybridized carbons (Fsp3) is 0.188. The summed E-state index contributed by atoms with van der Waals surface area (Å²) in [6.07, 6.45) is 4.38. The number of amides is 2. The predicted octanol–water partition coefficient (Wildman–Crippen LogP) is 2.17. The van der Waals surface area contributed by atoms with Gasteiger partial charge in [-0.2, -0.15) is 0 Å². The SMILES string of the molecule is CN1C(=O)Cc2c1ccc(-c1cncc(CNC=O)c1)c2Cl. The molecule has 112 valence electrons. The molecule has 0 bridgehead atoms. The molecule has 5 nitrogen and oxygen atoms in total.